The smallest absolute Gasteiger partial charge is 0.274 e. The molecular weight excluding hydrogens is 413 g/mol. The Morgan fingerprint density at radius 1 is 1.03 bits per heavy atom. The average Bonchev–Trinajstić information content (AvgIpc) is 2.72. The Labute approximate surface area is 176 Å². The highest BCUT2D eigenvalue weighted by Crippen LogP contribution is 2.28. The van der Waals surface area contributed by atoms with Crippen LogP contribution in [0.2, 0.25) is 5.02 Å². The van der Waals surface area contributed by atoms with E-state index in [1.807, 2.05) is 12.1 Å². The Bertz CT molecular complexity index is 1020. The minimum absolute atomic E-state index is 0.169. The van der Waals surface area contributed by atoms with E-state index in [0.29, 0.717) is 5.02 Å². The van der Waals surface area contributed by atoms with Gasteiger partial charge in [0.2, 0.25) is 5.91 Å². The van der Waals surface area contributed by atoms with Crippen LogP contribution in [0.15, 0.2) is 71.8 Å². The van der Waals surface area contributed by atoms with Gasteiger partial charge in [-0.15, -0.1) is 11.8 Å². The Kier molecular flexibility index (Phi) is 6.85. The lowest BCUT2D eigenvalue weighted by Gasteiger charge is -2.15. The summed E-state index contributed by atoms with van der Waals surface area (Å²) in [5.74, 6) is -1.32. The number of rotatable bonds is 6. The first-order valence-corrected chi connectivity index (χ1v) is 9.93. The molecule has 0 spiro atoms. The molecule has 29 heavy (non-hydrogen) atoms. The molecule has 0 radical (unpaired) electrons. The largest absolute Gasteiger partial charge is 0.323 e. The number of aromatic nitrogens is 1. The summed E-state index contributed by atoms with van der Waals surface area (Å²) in [5.41, 5.74) is 0.655. The molecule has 3 rings (SSSR count). The maximum atomic E-state index is 13.7. The number of carbonyl (C=O) groups is 2. The molecule has 0 aliphatic carbocycles. The Balaban J connectivity index is 1.72. The van der Waals surface area contributed by atoms with Gasteiger partial charge in [-0.2, -0.15) is 0 Å². The van der Waals surface area contributed by atoms with Gasteiger partial charge in [0.15, 0.2) is 0 Å². The van der Waals surface area contributed by atoms with Crippen LogP contribution in [0.1, 0.15) is 17.4 Å². The molecular formula is C21H17ClFN3O2S. The molecule has 0 saturated heterocycles. The Hall–Kier alpha value is -2.90. The number of anilines is 2. The first-order chi connectivity index (χ1) is 13.9. The number of hydrogen-bond donors (Lipinski definition) is 2. The number of pyridine rings is 1. The maximum Gasteiger partial charge on any atom is 0.274 e. The molecule has 5 nitrogen and oxygen atoms in total. The van der Waals surface area contributed by atoms with Crippen LogP contribution in [0.4, 0.5) is 15.8 Å². The van der Waals surface area contributed by atoms with Crippen LogP contribution in [-0.2, 0) is 4.79 Å². The SMILES string of the molecule is CC(Sc1ccc(Cl)cc1)C(=O)Nc1cc(F)ccc1NC(=O)c1ccccn1. The summed E-state index contributed by atoms with van der Waals surface area (Å²) in [7, 11) is 0. The first kappa shape index (κ1) is 20.8. The second-order valence-corrected chi connectivity index (χ2v) is 7.91. The predicted octanol–water partition coefficient (Wildman–Crippen LogP) is 5.25. The van der Waals surface area contributed by atoms with Crippen molar-refractivity contribution in [1.29, 1.82) is 0 Å². The van der Waals surface area contributed by atoms with Crippen LogP contribution in [-0.4, -0.2) is 22.0 Å². The fourth-order valence-electron chi connectivity index (χ4n) is 2.42. The molecule has 2 N–H and O–H groups in total. The zero-order valence-electron chi connectivity index (χ0n) is 15.4. The fourth-order valence-corrected chi connectivity index (χ4v) is 3.41. The highest BCUT2D eigenvalue weighted by atomic mass is 35.5. The molecule has 3 aromatic rings. The van der Waals surface area contributed by atoms with Crippen molar-refractivity contribution in [3.05, 3.63) is 83.4 Å². The van der Waals surface area contributed by atoms with Crippen molar-refractivity contribution >= 4 is 46.6 Å². The van der Waals surface area contributed by atoms with Gasteiger partial charge in [0.05, 0.1) is 16.6 Å². The number of halogens is 2. The van der Waals surface area contributed by atoms with E-state index in [0.717, 1.165) is 11.0 Å². The summed E-state index contributed by atoms with van der Waals surface area (Å²) < 4.78 is 13.7. The van der Waals surface area contributed by atoms with Gasteiger partial charge in [0.1, 0.15) is 11.5 Å². The Morgan fingerprint density at radius 2 is 1.79 bits per heavy atom. The molecule has 0 bridgehead atoms. The van der Waals surface area contributed by atoms with E-state index in [1.165, 1.54) is 30.1 Å². The lowest BCUT2D eigenvalue weighted by atomic mass is 10.2. The van der Waals surface area contributed by atoms with Crippen LogP contribution < -0.4 is 10.6 Å². The second-order valence-electron chi connectivity index (χ2n) is 6.06. The van der Waals surface area contributed by atoms with Crippen LogP contribution in [0.5, 0.6) is 0 Å². The monoisotopic (exact) mass is 429 g/mol. The number of benzene rings is 2. The van der Waals surface area contributed by atoms with Gasteiger partial charge in [-0.3, -0.25) is 14.6 Å². The summed E-state index contributed by atoms with van der Waals surface area (Å²) in [5, 5.41) is 5.48. The maximum absolute atomic E-state index is 13.7. The normalized spacial score (nSPS) is 11.6. The van der Waals surface area contributed by atoms with Gasteiger partial charge in [-0.05, 0) is 61.5 Å². The third-order valence-electron chi connectivity index (χ3n) is 3.88. The van der Waals surface area contributed by atoms with Gasteiger partial charge in [-0.1, -0.05) is 17.7 Å². The van der Waals surface area contributed by atoms with Gasteiger partial charge >= 0.3 is 0 Å². The highest BCUT2D eigenvalue weighted by molar-refractivity contribution is 8.00. The summed E-state index contributed by atoms with van der Waals surface area (Å²) in [6.45, 7) is 1.74. The number of nitrogens with zero attached hydrogens (tertiary/aromatic N) is 1. The van der Waals surface area contributed by atoms with Crippen LogP contribution in [0, 0.1) is 5.82 Å². The molecule has 0 fully saturated rings. The molecule has 148 valence electrons. The number of thioether (sulfide) groups is 1. The van der Waals surface area contributed by atoms with E-state index in [1.54, 1.807) is 37.3 Å². The van der Waals surface area contributed by atoms with Crippen molar-refractivity contribution in [1.82, 2.24) is 4.98 Å². The number of amides is 2. The zero-order valence-corrected chi connectivity index (χ0v) is 16.9. The van der Waals surface area contributed by atoms with Crippen molar-refractivity contribution < 1.29 is 14.0 Å². The van der Waals surface area contributed by atoms with E-state index < -0.39 is 17.0 Å². The number of hydrogen-bond acceptors (Lipinski definition) is 4. The van der Waals surface area contributed by atoms with Crippen molar-refractivity contribution in [3.63, 3.8) is 0 Å². The van der Waals surface area contributed by atoms with E-state index in [4.69, 9.17) is 11.6 Å². The summed E-state index contributed by atoms with van der Waals surface area (Å²) in [6.07, 6.45) is 1.50. The lowest BCUT2D eigenvalue weighted by molar-refractivity contribution is -0.115. The van der Waals surface area contributed by atoms with Gasteiger partial charge < -0.3 is 10.6 Å². The van der Waals surface area contributed by atoms with Gasteiger partial charge in [0, 0.05) is 16.1 Å². The van der Waals surface area contributed by atoms with E-state index in [-0.39, 0.29) is 23.0 Å². The highest BCUT2D eigenvalue weighted by Gasteiger charge is 2.18. The molecule has 1 aromatic heterocycles. The summed E-state index contributed by atoms with van der Waals surface area (Å²) >= 11 is 7.21. The second kappa shape index (κ2) is 9.54. The van der Waals surface area contributed by atoms with Crippen LogP contribution in [0.25, 0.3) is 0 Å². The Morgan fingerprint density at radius 3 is 2.48 bits per heavy atom. The molecule has 2 aromatic carbocycles. The summed E-state index contributed by atoms with van der Waals surface area (Å²) in [6, 6.07) is 15.8. The third-order valence-corrected chi connectivity index (χ3v) is 5.24. The molecule has 0 aliphatic heterocycles. The zero-order chi connectivity index (χ0) is 20.8. The minimum Gasteiger partial charge on any atom is -0.323 e. The molecule has 1 heterocycles. The minimum atomic E-state index is -0.533. The number of nitrogens with one attached hydrogen (secondary N) is 2. The van der Waals surface area contributed by atoms with Gasteiger partial charge in [-0.25, -0.2) is 4.39 Å². The van der Waals surface area contributed by atoms with E-state index in [2.05, 4.69) is 15.6 Å². The van der Waals surface area contributed by atoms with E-state index in [9.17, 15) is 14.0 Å². The standard InChI is InChI=1S/C21H17ClFN3O2S/c1-13(29-16-8-5-14(22)6-9-16)20(27)26-19-12-15(23)7-10-17(19)25-21(28)18-4-2-3-11-24-18/h2-13H,1H3,(H,25,28)(H,26,27). The quantitative estimate of drug-likeness (QED) is 0.525. The average molecular weight is 430 g/mol. The molecule has 0 aliphatic rings. The van der Waals surface area contributed by atoms with Crippen molar-refractivity contribution in [2.75, 3.05) is 10.6 Å². The first-order valence-electron chi connectivity index (χ1n) is 8.67. The van der Waals surface area contributed by atoms with Crippen molar-refractivity contribution in [2.45, 2.75) is 17.1 Å². The molecule has 1 unspecified atom stereocenters. The molecule has 1 atom stereocenters. The van der Waals surface area contributed by atoms with Crippen molar-refractivity contribution in [3.8, 4) is 0 Å². The third kappa shape index (κ3) is 5.79. The predicted molar refractivity (Wildman–Crippen MR) is 114 cm³/mol. The van der Waals surface area contributed by atoms with Crippen LogP contribution >= 0.6 is 23.4 Å². The van der Waals surface area contributed by atoms with Crippen LogP contribution in [0.3, 0.4) is 0 Å². The molecule has 2 amide bonds. The van der Waals surface area contributed by atoms with Crippen molar-refractivity contribution in [2.24, 2.45) is 0 Å². The summed E-state index contributed by atoms with van der Waals surface area (Å²) in [4.78, 5) is 29.8. The van der Waals surface area contributed by atoms with Gasteiger partial charge in [0.25, 0.3) is 5.91 Å². The van der Waals surface area contributed by atoms with E-state index >= 15 is 0 Å². The molecule has 0 saturated carbocycles. The molecule has 8 heteroatoms. The topological polar surface area (TPSA) is 71.1 Å². The number of carbonyl (C=O) groups excluding carboxylic acids is 2. The lowest BCUT2D eigenvalue weighted by Crippen LogP contribution is -2.24. The fraction of sp³-hybridized carbons (Fsp3) is 0.0952.